The Morgan fingerprint density at radius 3 is 2.74 bits per heavy atom. The van der Waals surface area contributed by atoms with Gasteiger partial charge in [0, 0.05) is 29.8 Å². The second kappa shape index (κ2) is 7.63. The number of ether oxygens (including phenoxy) is 1. The first kappa shape index (κ1) is 17.5. The van der Waals surface area contributed by atoms with Crippen molar-refractivity contribution in [2.24, 2.45) is 0 Å². The number of thioether (sulfide) groups is 1. The Bertz CT molecular complexity index is 712. The summed E-state index contributed by atoms with van der Waals surface area (Å²) in [5.41, 5.74) is 1.61. The monoisotopic (exact) mass is 337 g/mol. The van der Waals surface area contributed by atoms with Gasteiger partial charge in [-0.3, -0.25) is 4.79 Å². The molecule has 1 aromatic heterocycles. The zero-order valence-electron chi connectivity index (χ0n) is 12.9. The predicted octanol–water partition coefficient (Wildman–Crippen LogP) is 2.02. The summed E-state index contributed by atoms with van der Waals surface area (Å²) in [5, 5.41) is 20.9. The van der Waals surface area contributed by atoms with Crippen molar-refractivity contribution in [3.05, 3.63) is 35.5 Å². The first-order valence-corrected chi connectivity index (χ1v) is 8.11. The Kier molecular flexibility index (Phi) is 5.81. The van der Waals surface area contributed by atoms with E-state index in [9.17, 15) is 19.8 Å². The van der Waals surface area contributed by atoms with Gasteiger partial charge in [0.25, 0.3) is 0 Å². The van der Waals surface area contributed by atoms with Crippen LogP contribution >= 0.6 is 11.8 Å². The molecule has 0 amide bonds. The molecule has 2 rings (SSSR count). The van der Waals surface area contributed by atoms with Crippen LogP contribution in [0.4, 0.5) is 0 Å². The molecule has 6 nitrogen and oxygen atoms in total. The van der Waals surface area contributed by atoms with E-state index >= 15 is 0 Å². The largest absolute Gasteiger partial charge is 0.465 e. The van der Waals surface area contributed by atoms with Crippen LogP contribution in [0.3, 0.4) is 0 Å². The second-order valence-electron chi connectivity index (χ2n) is 5.14. The number of aliphatic hydroxyl groups excluding tert-OH is 2. The lowest BCUT2D eigenvalue weighted by atomic mass is 10.0. The minimum Gasteiger partial charge on any atom is -0.465 e. The van der Waals surface area contributed by atoms with Crippen molar-refractivity contribution >= 4 is 33.7 Å². The average molecular weight is 337 g/mol. The van der Waals surface area contributed by atoms with Gasteiger partial charge in [-0.2, -0.15) is 0 Å². The second-order valence-corrected chi connectivity index (χ2v) is 6.41. The molecule has 0 saturated carbocycles. The van der Waals surface area contributed by atoms with E-state index in [0.29, 0.717) is 28.7 Å². The molecule has 23 heavy (non-hydrogen) atoms. The van der Waals surface area contributed by atoms with E-state index in [1.807, 2.05) is 0 Å². The number of H-pyrrole nitrogens is 1. The zero-order chi connectivity index (χ0) is 17.0. The third-order valence-corrected chi connectivity index (χ3v) is 4.38. The van der Waals surface area contributed by atoms with E-state index in [0.717, 1.165) is 17.3 Å². The summed E-state index contributed by atoms with van der Waals surface area (Å²) in [5.74, 6) is -0.0332. The number of hydrogen-bond donors (Lipinski definition) is 3. The highest BCUT2D eigenvalue weighted by Gasteiger charge is 2.20. The number of carbonyl (C=O) groups is 2. The number of aromatic nitrogens is 1. The Hall–Kier alpha value is -1.83. The van der Waals surface area contributed by atoms with Gasteiger partial charge in [-0.15, -0.1) is 0 Å². The fraction of sp³-hybridized carbons (Fsp3) is 0.375. The maximum absolute atomic E-state index is 11.7. The van der Waals surface area contributed by atoms with Crippen molar-refractivity contribution in [2.75, 3.05) is 12.9 Å². The number of hydrogen-bond acceptors (Lipinski definition) is 6. The van der Waals surface area contributed by atoms with Crippen LogP contribution in [0.15, 0.2) is 24.4 Å². The lowest BCUT2D eigenvalue weighted by Crippen LogP contribution is -2.19. The Morgan fingerprint density at radius 1 is 1.35 bits per heavy atom. The van der Waals surface area contributed by atoms with Crippen LogP contribution in [0.1, 0.15) is 35.4 Å². The van der Waals surface area contributed by atoms with Crippen molar-refractivity contribution in [3.63, 3.8) is 0 Å². The molecular formula is C16H19NO5S. The molecule has 0 aliphatic heterocycles. The van der Waals surface area contributed by atoms with Crippen LogP contribution in [0.2, 0.25) is 0 Å². The van der Waals surface area contributed by atoms with Gasteiger partial charge in [-0.25, -0.2) is 4.79 Å². The van der Waals surface area contributed by atoms with E-state index in [-0.39, 0.29) is 5.12 Å². The van der Waals surface area contributed by atoms with E-state index in [1.54, 1.807) is 24.4 Å². The van der Waals surface area contributed by atoms with Gasteiger partial charge in [-0.05, 0) is 24.1 Å². The van der Waals surface area contributed by atoms with Crippen LogP contribution in [0, 0.1) is 0 Å². The molecule has 0 aliphatic rings. The molecule has 0 fully saturated rings. The van der Waals surface area contributed by atoms with E-state index in [1.165, 1.54) is 14.0 Å². The predicted molar refractivity (Wildman–Crippen MR) is 88.4 cm³/mol. The Morgan fingerprint density at radius 2 is 2.09 bits per heavy atom. The van der Waals surface area contributed by atoms with Gasteiger partial charge in [0.2, 0.25) is 0 Å². The van der Waals surface area contributed by atoms with Crippen molar-refractivity contribution in [3.8, 4) is 0 Å². The SMILES string of the molecule is COC(=O)c1c[nH]c2ccc(C(O)C(O)CCSC(C)=O)cc12. The number of carbonyl (C=O) groups excluding carboxylic acids is 2. The summed E-state index contributed by atoms with van der Waals surface area (Å²) in [6, 6.07) is 5.08. The molecule has 7 heteroatoms. The van der Waals surface area contributed by atoms with Crippen LogP contribution < -0.4 is 0 Å². The van der Waals surface area contributed by atoms with E-state index in [4.69, 9.17) is 4.74 Å². The smallest absolute Gasteiger partial charge is 0.340 e. The summed E-state index contributed by atoms with van der Waals surface area (Å²) in [6.07, 6.45) is -0.236. The quantitative estimate of drug-likeness (QED) is 0.697. The van der Waals surface area contributed by atoms with Crippen LogP contribution in [-0.4, -0.2) is 45.2 Å². The topological polar surface area (TPSA) is 99.6 Å². The molecule has 2 atom stereocenters. The number of fused-ring (bicyclic) bond motifs is 1. The fourth-order valence-electron chi connectivity index (χ4n) is 2.30. The first-order valence-electron chi connectivity index (χ1n) is 7.13. The Labute approximate surface area is 137 Å². The van der Waals surface area contributed by atoms with Crippen molar-refractivity contribution < 1.29 is 24.5 Å². The fourth-order valence-corrected chi connectivity index (χ4v) is 2.95. The molecule has 2 unspecified atom stereocenters. The van der Waals surface area contributed by atoms with Gasteiger partial charge in [0.1, 0.15) is 6.10 Å². The highest BCUT2D eigenvalue weighted by atomic mass is 32.2. The molecule has 1 aromatic carbocycles. The maximum Gasteiger partial charge on any atom is 0.340 e. The normalized spacial score (nSPS) is 13.7. The molecule has 1 heterocycles. The Balaban J connectivity index is 2.18. The number of methoxy groups -OCH3 is 1. The molecular weight excluding hydrogens is 318 g/mol. The number of rotatable bonds is 6. The molecule has 0 bridgehead atoms. The van der Waals surface area contributed by atoms with E-state index in [2.05, 4.69) is 4.98 Å². The highest BCUT2D eigenvalue weighted by molar-refractivity contribution is 8.13. The third kappa shape index (κ3) is 4.13. The average Bonchev–Trinajstić information content (AvgIpc) is 2.95. The summed E-state index contributed by atoms with van der Waals surface area (Å²) in [4.78, 5) is 25.6. The molecule has 2 aromatic rings. The molecule has 3 N–H and O–H groups in total. The van der Waals surface area contributed by atoms with Crippen molar-refractivity contribution in [1.29, 1.82) is 0 Å². The summed E-state index contributed by atoms with van der Waals surface area (Å²) < 4.78 is 4.72. The van der Waals surface area contributed by atoms with Crippen molar-refractivity contribution in [1.82, 2.24) is 4.98 Å². The number of nitrogens with one attached hydrogen (secondary N) is 1. The molecule has 0 radical (unpaired) electrons. The third-order valence-electron chi connectivity index (χ3n) is 3.54. The number of aromatic amines is 1. The van der Waals surface area contributed by atoms with Gasteiger partial charge in [0.05, 0.1) is 18.8 Å². The molecule has 0 spiro atoms. The number of esters is 1. The van der Waals surface area contributed by atoms with Gasteiger partial charge in [-0.1, -0.05) is 17.8 Å². The summed E-state index contributed by atoms with van der Waals surface area (Å²) in [7, 11) is 1.30. The minimum absolute atomic E-state index is 0.0249. The van der Waals surface area contributed by atoms with Gasteiger partial charge < -0.3 is 19.9 Å². The summed E-state index contributed by atoms with van der Waals surface area (Å²) >= 11 is 1.11. The molecule has 0 aliphatic carbocycles. The van der Waals surface area contributed by atoms with Gasteiger partial charge in [0.15, 0.2) is 5.12 Å². The lowest BCUT2D eigenvalue weighted by molar-refractivity contribution is -0.109. The van der Waals surface area contributed by atoms with E-state index < -0.39 is 18.2 Å². The zero-order valence-corrected chi connectivity index (χ0v) is 13.7. The van der Waals surface area contributed by atoms with Crippen LogP contribution in [-0.2, 0) is 9.53 Å². The lowest BCUT2D eigenvalue weighted by Gasteiger charge is -2.18. The highest BCUT2D eigenvalue weighted by Crippen LogP contribution is 2.26. The number of benzene rings is 1. The minimum atomic E-state index is -1.09. The van der Waals surface area contributed by atoms with Crippen molar-refractivity contribution in [2.45, 2.75) is 25.6 Å². The maximum atomic E-state index is 11.7. The molecule has 124 valence electrons. The number of aliphatic hydroxyl groups is 2. The molecule has 0 saturated heterocycles. The van der Waals surface area contributed by atoms with Gasteiger partial charge >= 0.3 is 5.97 Å². The van der Waals surface area contributed by atoms with Crippen LogP contribution in [0.25, 0.3) is 10.9 Å². The first-order chi connectivity index (χ1) is 10.9. The van der Waals surface area contributed by atoms with Crippen LogP contribution in [0.5, 0.6) is 0 Å². The standard InChI is InChI=1S/C16H19NO5S/c1-9(18)23-6-5-14(19)15(20)10-3-4-13-11(7-10)12(8-17-13)16(21)22-2/h3-4,7-8,14-15,17,19-20H,5-6H2,1-2H3. The summed E-state index contributed by atoms with van der Waals surface area (Å²) in [6.45, 7) is 1.46.